The summed E-state index contributed by atoms with van der Waals surface area (Å²) in [6.07, 6.45) is 1.65. The molecule has 0 saturated carbocycles. The number of nitrogens with one attached hydrogen (secondary N) is 1. The average Bonchev–Trinajstić information content (AvgIpc) is 2.92. The lowest BCUT2D eigenvalue weighted by molar-refractivity contribution is 0.103. The Morgan fingerprint density at radius 1 is 1.17 bits per heavy atom. The fourth-order valence-corrected chi connectivity index (χ4v) is 3.23. The highest BCUT2D eigenvalue weighted by atomic mass is 32.1. The summed E-state index contributed by atoms with van der Waals surface area (Å²) in [6.45, 7) is 3.85. The summed E-state index contributed by atoms with van der Waals surface area (Å²) in [5.41, 5.74) is 2.75. The van der Waals surface area contributed by atoms with Gasteiger partial charge in [0.05, 0.1) is 4.88 Å². The zero-order chi connectivity index (χ0) is 16.4. The van der Waals surface area contributed by atoms with Crippen LogP contribution in [-0.2, 0) is 0 Å². The number of hydrogen-bond acceptors (Lipinski definition) is 3. The first-order valence-electron chi connectivity index (χ1n) is 7.14. The summed E-state index contributed by atoms with van der Waals surface area (Å²) in [5.74, 6) is 0.102. The van der Waals surface area contributed by atoms with E-state index in [-0.39, 0.29) is 11.7 Å². The Morgan fingerprint density at radius 3 is 2.61 bits per heavy atom. The summed E-state index contributed by atoms with van der Waals surface area (Å²) in [5, 5.41) is 2.83. The second-order valence-corrected chi connectivity index (χ2v) is 6.47. The zero-order valence-corrected chi connectivity index (χ0v) is 13.6. The number of rotatable bonds is 3. The average molecular weight is 326 g/mol. The van der Waals surface area contributed by atoms with Crippen molar-refractivity contribution in [1.82, 2.24) is 4.98 Å². The third kappa shape index (κ3) is 3.29. The second-order valence-electron chi connectivity index (χ2n) is 5.21. The molecule has 1 aromatic carbocycles. The first-order chi connectivity index (χ1) is 11.0. The predicted octanol–water partition coefficient (Wildman–Crippen LogP) is 4.82. The molecule has 0 saturated heterocycles. The first-order valence-corrected chi connectivity index (χ1v) is 7.95. The highest BCUT2D eigenvalue weighted by molar-refractivity contribution is 7.14. The van der Waals surface area contributed by atoms with Gasteiger partial charge in [0, 0.05) is 11.1 Å². The molecule has 3 rings (SSSR count). The minimum atomic E-state index is -0.273. The van der Waals surface area contributed by atoms with Gasteiger partial charge in [-0.1, -0.05) is 18.2 Å². The van der Waals surface area contributed by atoms with E-state index in [1.165, 1.54) is 23.5 Å². The van der Waals surface area contributed by atoms with Crippen molar-refractivity contribution < 1.29 is 9.18 Å². The fraction of sp³-hybridized carbons (Fsp3) is 0.111. The van der Waals surface area contributed by atoms with Gasteiger partial charge in [0.15, 0.2) is 0 Å². The van der Waals surface area contributed by atoms with E-state index in [0.717, 1.165) is 21.6 Å². The van der Waals surface area contributed by atoms with Crippen LogP contribution in [0.3, 0.4) is 0 Å². The van der Waals surface area contributed by atoms with Crippen LogP contribution < -0.4 is 5.32 Å². The highest BCUT2D eigenvalue weighted by Gasteiger charge is 2.15. The maximum atomic E-state index is 13.0. The van der Waals surface area contributed by atoms with E-state index in [2.05, 4.69) is 10.3 Å². The number of aromatic nitrogens is 1. The van der Waals surface area contributed by atoms with Gasteiger partial charge in [-0.3, -0.25) is 4.79 Å². The Hall–Kier alpha value is -2.53. The predicted molar refractivity (Wildman–Crippen MR) is 91.4 cm³/mol. The van der Waals surface area contributed by atoms with Crippen LogP contribution in [0.2, 0.25) is 0 Å². The monoisotopic (exact) mass is 326 g/mol. The van der Waals surface area contributed by atoms with Gasteiger partial charge in [0.25, 0.3) is 5.91 Å². The lowest BCUT2D eigenvalue weighted by atomic mass is 10.1. The number of halogens is 1. The summed E-state index contributed by atoms with van der Waals surface area (Å²) < 4.78 is 13.0. The van der Waals surface area contributed by atoms with Gasteiger partial charge < -0.3 is 5.32 Å². The second kappa shape index (κ2) is 6.30. The minimum absolute atomic E-state index is 0.187. The first kappa shape index (κ1) is 15.4. The smallest absolute Gasteiger partial charge is 0.266 e. The van der Waals surface area contributed by atoms with E-state index < -0.39 is 0 Å². The molecule has 23 heavy (non-hydrogen) atoms. The normalized spacial score (nSPS) is 10.6. The van der Waals surface area contributed by atoms with Crippen LogP contribution in [0.4, 0.5) is 10.2 Å². The molecule has 0 bridgehead atoms. The molecule has 0 spiro atoms. The van der Waals surface area contributed by atoms with Crippen LogP contribution in [0.1, 0.15) is 20.1 Å². The van der Waals surface area contributed by atoms with Gasteiger partial charge in [0.2, 0.25) is 0 Å². The Balaban J connectivity index is 1.87. The maximum absolute atomic E-state index is 13.0. The largest absolute Gasteiger partial charge is 0.306 e. The van der Waals surface area contributed by atoms with Crippen molar-refractivity contribution in [2.45, 2.75) is 13.8 Å². The Bertz CT molecular complexity index is 856. The number of nitrogens with zero attached hydrogens (tertiary/aromatic N) is 1. The van der Waals surface area contributed by atoms with Crippen molar-refractivity contribution >= 4 is 23.1 Å². The fourth-order valence-electron chi connectivity index (χ4n) is 2.30. The topological polar surface area (TPSA) is 42.0 Å². The number of amides is 1. The van der Waals surface area contributed by atoms with Crippen LogP contribution in [0.5, 0.6) is 0 Å². The molecule has 3 nitrogen and oxygen atoms in total. The summed E-state index contributed by atoms with van der Waals surface area (Å²) in [7, 11) is 0. The molecule has 0 unspecified atom stereocenters. The van der Waals surface area contributed by atoms with Gasteiger partial charge in [0.1, 0.15) is 11.6 Å². The lowest BCUT2D eigenvalue weighted by Gasteiger charge is -2.05. The Labute approximate surface area is 137 Å². The van der Waals surface area contributed by atoms with E-state index in [1.54, 1.807) is 18.3 Å². The third-order valence-electron chi connectivity index (χ3n) is 3.54. The molecular weight excluding hydrogens is 311 g/mol. The van der Waals surface area contributed by atoms with Crippen molar-refractivity contribution in [3.8, 4) is 11.1 Å². The van der Waals surface area contributed by atoms with Crippen LogP contribution in [0.15, 0.2) is 48.7 Å². The molecule has 0 aliphatic rings. The van der Waals surface area contributed by atoms with Gasteiger partial charge in [-0.05, 0) is 54.8 Å². The van der Waals surface area contributed by atoms with Crippen molar-refractivity contribution in [1.29, 1.82) is 0 Å². The molecule has 0 aliphatic heterocycles. The third-order valence-corrected chi connectivity index (χ3v) is 4.59. The number of hydrogen-bond donors (Lipinski definition) is 1. The molecule has 2 heterocycles. The SMILES string of the molecule is Cc1cccnc1NC(=O)c1cc(-c2ccc(F)cc2)c(C)s1. The number of pyridine rings is 1. The van der Waals surface area contributed by atoms with Crippen LogP contribution in [0.25, 0.3) is 11.1 Å². The van der Waals surface area contributed by atoms with E-state index >= 15 is 0 Å². The van der Waals surface area contributed by atoms with Gasteiger partial charge >= 0.3 is 0 Å². The quantitative estimate of drug-likeness (QED) is 0.750. The molecule has 0 radical (unpaired) electrons. The molecule has 3 aromatic rings. The van der Waals surface area contributed by atoms with Gasteiger partial charge in [-0.25, -0.2) is 9.37 Å². The molecular formula is C18H15FN2OS. The molecule has 0 fully saturated rings. The Kier molecular flexibility index (Phi) is 4.21. The molecule has 0 aliphatic carbocycles. The van der Waals surface area contributed by atoms with Crippen LogP contribution in [0, 0.1) is 19.7 Å². The molecule has 2 aromatic heterocycles. The maximum Gasteiger partial charge on any atom is 0.266 e. The van der Waals surface area contributed by atoms with Crippen molar-refractivity contribution in [3.05, 3.63) is 69.8 Å². The minimum Gasteiger partial charge on any atom is -0.306 e. The molecule has 116 valence electrons. The van der Waals surface area contributed by atoms with Crippen molar-refractivity contribution in [2.75, 3.05) is 5.32 Å². The van der Waals surface area contributed by atoms with Gasteiger partial charge in [-0.2, -0.15) is 0 Å². The number of aryl methyl sites for hydroxylation is 2. The molecule has 1 amide bonds. The standard InChI is InChI=1S/C18H15FN2OS/c1-11-4-3-9-20-17(11)21-18(22)16-10-15(12(2)23-16)13-5-7-14(19)8-6-13/h3-10H,1-2H3,(H,20,21,22). The van der Waals surface area contributed by atoms with Crippen molar-refractivity contribution in [2.24, 2.45) is 0 Å². The molecule has 5 heteroatoms. The van der Waals surface area contributed by atoms with E-state index in [9.17, 15) is 9.18 Å². The van der Waals surface area contributed by atoms with E-state index in [1.807, 2.05) is 32.0 Å². The summed E-state index contributed by atoms with van der Waals surface area (Å²) in [6, 6.07) is 11.8. The number of anilines is 1. The van der Waals surface area contributed by atoms with Gasteiger partial charge in [-0.15, -0.1) is 11.3 Å². The number of carbonyl (C=O) groups excluding carboxylic acids is 1. The zero-order valence-electron chi connectivity index (χ0n) is 12.8. The number of thiophene rings is 1. The van der Waals surface area contributed by atoms with Crippen molar-refractivity contribution in [3.63, 3.8) is 0 Å². The summed E-state index contributed by atoms with van der Waals surface area (Å²) in [4.78, 5) is 18.2. The van der Waals surface area contributed by atoms with Crippen LogP contribution in [-0.4, -0.2) is 10.9 Å². The molecule has 0 atom stereocenters. The number of benzene rings is 1. The Morgan fingerprint density at radius 2 is 1.91 bits per heavy atom. The van der Waals surface area contributed by atoms with Crippen LogP contribution >= 0.6 is 11.3 Å². The molecule has 1 N–H and O–H groups in total. The summed E-state index contributed by atoms with van der Waals surface area (Å²) >= 11 is 1.41. The number of carbonyl (C=O) groups is 1. The lowest BCUT2D eigenvalue weighted by Crippen LogP contribution is -2.12. The highest BCUT2D eigenvalue weighted by Crippen LogP contribution is 2.31. The van der Waals surface area contributed by atoms with E-state index in [4.69, 9.17) is 0 Å². The van der Waals surface area contributed by atoms with E-state index in [0.29, 0.717) is 10.7 Å².